The maximum absolute atomic E-state index is 12.2. The van der Waals surface area contributed by atoms with Gasteiger partial charge in [-0.1, -0.05) is 6.07 Å². The Morgan fingerprint density at radius 3 is 2.26 bits per heavy atom. The minimum absolute atomic E-state index is 0.105. The van der Waals surface area contributed by atoms with Crippen LogP contribution in [0.5, 0.6) is 11.5 Å². The van der Waals surface area contributed by atoms with Gasteiger partial charge in [-0.2, -0.15) is 0 Å². The topological polar surface area (TPSA) is 78.4 Å². The third kappa shape index (κ3) is 6.04. The fraction of sp³-hybridized carbons (Fsp3) is 0.391. The van der Waals surface area contributed by atoms with Gasteiger partial charge in [-0.25, -0.2) is 0 Å². The fourth-order valence-corrected chi connectivity index (χ4v) is 3.51. The zero-order chi connectivity index (χ0) is 22.1. The second kappa shape index (κ2) is 11.1. The predicted octanol–water partition coefficient (Wildman–Crippen LogP) is 1.83. The molecule has 0 spiro atoms. The number of amides is 1. The minimum Gasteiger partial charge on any atom is -0.497 e. The Hall–Kier alpha value is -3.42. The molecule has 2 aromatic rings. The molecule has 0 atom stereocenters. The average Bonchev–Trinajstić information content (AvgIpc) is 2.84. The second-order valence-electron chi connectivity index (χ2n) is 7.13. The number of piperazine rings is 1. The number of aliphatic imine (C=N–C) groups is 1. The van der Waals surface area contributed by atoms with Crippen LogP contribution in [0.2, 0.25) is 0 Å². The Morgan fingerprint density at radius 1 is 0.935 bits per heavy atom. The van der Waals surface area contributed by atoms with Crippen molar-refractivity contribution in [1.29, 1.82) is 0 Å². The van der Waals surface area contributed by atoms with Gasteiger partial charge in [0.2, 0.25) is 0 Å². The number of benzene rings is 2. The Bertz CT molecular complexity index is 877. The van der Waals surface area contributed by atoms with E-state index in [4.69, 9.17) is 9.47 Å². The summed E-state index contributed by atoms with van der Waals surface area (Å²) in [5.74, 6) is 2.35. The minimum atomic E-state index is -0.105. The Morgan fingerprint density at radius 2 is 1.61 bits per heavy atom. The molecule has 8 heteroatoms. The number of anilines is 1. The summed E-state index contributed by atoms with van der Waals surface area (Å²) in [7, 11) is 5.07. The van der Waals surface area contributed by atoms with Crippen molar-refractivity contribution in [3.05, 3.63) is 54.1 Å². The van der Waals surface area contributed by atoms with Crippen LogP contribution in [0.15, 0.2) is 53.5 Å². The van der Waals surface area contributed by atoms with Crippen LogP contribution in [0.4, 0.5) is 5.69 Å². The van der Waals surface area contributed by atoms with Crippen molar-refractivity contribution in [3.63, 3.8) is 0 Å². The molecule has 1 amide bonds. The van der Waals surface area contributed by atoms with E-state index in [0.29, 0.717) is 18.7 Å². The van der Waals surface area contributed by atoms with Crippen LogP contribution in [-0.4, -0.2) is 77.3 Å². The zero-order valence-electron chi connectivity index (χ0n) is 18.4. The van der Waals surface area contributed by atoms with Crippen LogP contribution >= 0.6 is 0 Å². The van der Waals surface area contributed by atoms with Crippen molar-refractivity contribution in [2.45, 2.75) is 0 Å². The van der Waals surface area contributed by atoms with E-state index < -0.39 is 0 Å². The number of hydrogen-bond donors (Lipinski definition) is 2. The number of nitrogens with zero attached hydrogens (tertiary/aromatic N) is 3. The van der Waals surface area contributed by atoms with E-state index in [1.54, 1.807) is 45.5 Å². The average molecular weight is 426 g/mol. The van der Waals surface area contributed by atoms with E-state index in [1.807, 2.05) is 12.1 Å². The number of carbonyl (C=O) groups is 1. The van der Waals surface area contributed by atoms with Crippen LogP contribution in [0.3, 0.4) is 0 Å². The molecule has 0 aromatic heterocycles. The van der Waals surface area contributed by atoms with Crippen molar-refractivity contribution in [3.8, 4) is 11.5 Å². The Kier molecular flexibility index (Phi) is 7.98. The molecule has 1 aliphatic rings. The van der Waals surface area contributed by atoms with Gasteiger partial charge in [0.1, 0.15) is 11.5 Å². The lowest BCUT2D eigenvalue weighted by molar-refractivity contribution is 0.0954. The lowest BCUT2D eigenvalue weighted by Gasteiger charge is -2.37. The summed E-state index contributed by atoms with van der Waals surface area (Å²) < 4.78 is 10.4. The maximum Gasteiger partial charge on any atom is 0.251 e. The van der Waals surface area contributed by atoms with Crippen molar-refractivity contribution in [2.75, 3.05) is 65.4 Å². The summed E-state index contributed by atoms with van der Waals surface area (Å²) in [5, 5.41) is 6.26. The van der Waals surface area contributed by atoms with Gasteiger partial charge in [-0.15, -0.1) is 0 Å². The molecular weight excluding hydrogens is 394 g/mol. The summed E-state index contributed by atoms with van der Waals surface area (Å²) in [6, 6.07) is 15.2. The molecule has 1 saturated heterocycles. The Balaban J connectivity index is 1.41. The molecule has 0 saturated carbocycles. The summed E-state index contributed by atoms with van der Waals surface area (Å²) >= 11 is 0. The van der Waals surface area contributed by atoms with Crippen LogP contribution in [0.25, 0.3) is 0 Å². The van der Waals surface area contributed by atoms with Gasteiger partial charge in [0.05, 0.1) is 14.2 Å². The molecule has 1 fully saturated rings. The van der Waals surface area contributed by atoms with Gasteiger partial charge >= 0.3 is 0 Å². The predicted molar refractivity (Wildman–Crippen MR) is 123 cm³/mol. The maximum atomic E-state index is 12.2. The van der Waals surface area contributed by atoms with Crippen molar-refractivity contribution in [1.82, 2.24) is 15.5 Å². The highest BCUT2D eigenvalue weighted by Crippen LogP contribution is 2.22. The molecule has 1 heterocycles. The zero-order valence-corrected chi connectivity index (χ0v) is 18.4. The summed E-state index contributed by atoms with van der Waals surface area (Å²) in [6.07, 6.45) is 0. The van der Waals surface area contributed by atoms with Gasteiger partial charge in [0.15, 0.2) is 5.96 Å². The van der Waals surface area contributed by atoms with E-state index in [-0.39, 0.29) is 5.91 Å². The summed E-state index contributed by atoms with van der Waals surface area (Å²) in [4.78, 5) is 21.2. The molecule has 0 bridgehead atoms. The van der Waals surface area contributed by atoms with E-state index in [2.05, 4.69) is 37.6 Å². The molecule has 8 nitrogen and oxygen atoms in total. The van der Waals surface area contributed by atoms with Crippen molar-refractivity contribution in [2.24, 2.45) is 4.99 Å². The number of guanidine groups is 1. The molecule has 0 radical (unpaired) electrons. The standard InChI is InChI=1S/C23H31N5O3/c1-24-23(26-12-11-25-22(29)18-7-9-20(30-2)10-8-18)28-15-13-27(14-16-28)19-5-4-6-21(17-19)31-3/h4-10,17H,11-16H2,1-3H3,(H,24,26)(H,25,29). The number of methoxy groups -OCH3 is 2. The molecule has 2 aromatic carbocycles. The van der Waals surface area contributed by atoms with Gasteiger partial charge in [0, 0.05) is 63.6 Å². The van der Waals surface area contributed by atoms with E-state index in [0.717, 1.165) is 43.6 Å². The fourth-order valence-electron chi connectivity index (χ4n) is 3.51. The molecule has 0 unspecified atom stereocenters. The van der Waals surface area contributed by atoms with Crippen molar-refractivity contribution >= 4 is 17.6 Å². The van der Waals surface area contributed by atoms with E-state index in [9.17, 15) is 4.79 Å². The third-order valence-electron chi connectivity index (χ3n) is 5.26. The number of ether oxygens (including phenoxy) is 2. The highest BCUT2D eigenvalue weighted by Gasteiger charge is 2.20. The van der Waals surface area contributed by atoms with Gasteiger partial charge in [-0.3, -0.25) is 9.79 Å². The highest BCUT2D eigenvalue weighted by molar-refractivity contribution is 5.94. The van der Waals surface area contributed by atoms with Crippen molar-refractivity contribution < 1.29 is 14.3 Å². The second-order valence-corrected chi connectivity index (χ2v) is 7.13. The largest absolute Gasteiger partial charge is 0.497 e. The first-order valence-corrected chi connectivity index (χ1v) is 10.4. The first-order chi connectivity index (χ1) is 15.1. The van der Waals surface area contributed by atoms with Gasteiger partial charge in [-0.05, 0) is 36.4 Å². The quantitative estimate of drug-likeness (QED) is 0.400. The third-order valence-corrected chi connectivity index (χ3v) is 5.26. The number of nitrogens with one attached hydrogen (secondary N) is 2. The van der Waals surface area contributed by atoms with Crippen LogP contribution in [-0.2, 0) is 0 Å². The summed E-state index contributed by atoms with van der Waals surface area (Å²) in [6.45, 7) is 4.66. The smallest absolute Gasteiger partial charge is 0.251 e. The molecule has 2 N–H and O–H groups in total. The molecular formula is C23H31N5O3. The normalized spacial score (nSPS) is 14.2. The highest BCUT2D eigenvalue weighted by atomic mass is 16.5. The lowest BCUT2D eigenvalue weighted by Crippen LogP contribution is -2.53. The monoisotopic (exact) mass is 425 g/mol. The lowest BCUT2D eigenvalue weighted by atomic mass is 10.2. The molecule has 1 aliphatic heterocycles. The van der Waals surface area contributed by atoms with Crippen LogP contribution < -0.4 is 25.0 Å². The molecule has 31 heavy (non-hydrogen) atoms. The van der Waals surface area contributed by atoms with Crippen LogP contribution in [0, 0.1) is 0 Å². The summed E-state index contributed by atoms with van der Waals surface area (Å²) in [5.41, 5.74) is 1.78. The van der Waals surface area contributed by atoms with Crippen LogP contribution in [0.1, 0.15) is 10.4 Å². The molecule has 0 aliphatic carbocycles. The molecule has 3 rings (SSSR count). The SMILES string of the molecule is CN=C(NCCNC(=O)c1ccc(OC)cc1)N1CCN(c2cccc(OC)c2)CC1. The van der Waals surface area contributed by atoms with Gasteiger partial charge < -0.3 is 29.9 Å². The van der Waals surface area contributed by atoms with E-state index >= 15 is 0 Å². The van der Waals surface area contributed by atoms with Gasteiger partial charge in [0.25, 0.3) is 5.91 Å². The number of rotatable bonds is 7. The Labute approximate surface area is 183 Å². The number of hydrogen-bond acceptors (Lipinski definition) is 5. The number of carbonyl (C=O) groups excluding carboxylic acids is 1. The van der Waals surface area contributed by atoms with E-state index in [1.165, 1.54) is 5.69 Å². The first kappa shape index (κ1) is 22.3. The first-order valence-electron chi connectivity index (χ1n) is 10.4. The molecule has 166 valence electrons.